The van der Waals surface area contributed by atoms with E-state index in [1.165, 1.54) is 0 Å². The first-order valence-electron chi connectivity index (χ1n) is 9.24. The van der Waals surface area contributed by atoms with E-state index in [9.17, 15) is 0 Å². The summed E-state index contributed by atoms with van der Waals surface area (Å²) in [5.74, 6) is 1.15. The van der Waals surface area contributed by atoms with Gasteiger partial charge in [-0.2, -0.15) is 10.2 Å². The molecule has 2 N–H and O–H groups in total. The van der Waals surface area contributed by atoms with Gasteiger partial charge >= 0.3 is 0 Å². The molecule has 1 fully saturated rings. The number of ether oxygens (including phenoxy) is 1. The van der Waals surface area contributed by atoms with Crippen molar-refractivity contribution in [2.45, 2.75) is 0 Å². The minimum atomic E-state index is 0.776. The number of dihydropyridines is 1. The van der Waals surface area contributed by atoms with Gasteiger partial charge in [0.05, 0.1) is 30.6 Å². The van der Waals surface area contributed by atoms with Crippen molar-refractivity contribution in [2.75, 3.05) is 32.8 Å². The molecule has 0 radical (unpaired) electrons. The number of aryl methyl sites for hydroxylation is 1. The molecule has 0 unspecified atom stereocenters. The summed E-state index contributed by atoms with van der Waals surface area (Å²) in [4.78, 5) is 2.34. The normalized spacial score (nSPS) is 17.6. The molecule has 1 aromatic carbocycles. The second kappa shape index (κ2) is 6.59. The van der Waals surface area contributed by atoms with Crippen molar-refractivity contribution < 1.29 is 4.74 Å². The molecule has 7 nitrogen and oxygen atoms in total. The fraction of sp³-hybridized carbons (Fsp3) is 0.300. The first kappa shape index (κ1) is 16.1. The van der Waals surface area contributed by atoms with E-state index >= 15 is 0 Å². The number of benzene rings is 1. The van der Waals surface area contributed by atoms with Crippen LogP contribution in [0.15, 0.2) is 48.6 Å². The molecule has 2 aliphatic rings. The van der Waals surface area contributed by atoms with Crippen LogP contribution in [0, 0.1) is 0 Å². The Morgan fingerprint density at radius 1 is 1.15 bits per heavy atom. The lowest BCUT2D eigenvalue weighted by Gasteiger charge is -2.32. The third-order valence-corrected chi connectivity index (χ3v) is 5.12. The lowest BCUT2D eigenvalue weighted by atomic mass is 10.0. The van der Waals surface area contributed by atoms with E-state index in [0.717, 1.165) is 72.0 Å². The Hall–Kier alpha value is -3.06. The Morgan fingerprint density at radius 3 is 2.85 bits per heavy atom. The molecular weight excluding hydrogens is 340 g/mol. The Kier molecular flexibility index (Phi) is 3.94. The zero-order chi connectivity index (χ0) is 18.2. The third-order valence-electron chi connectivity index (χ3n) is 5.12. The van der Waals surface area contributed by atoms with Gasteiger partial charge in [0, 0.05) is 49.4 Å². The van der Waals surface area contributed by atoms with Crippen molar-refractivity contribution >= 4 is 16.5 Å². The lowest BCUT2D eigenvalue weighted by molar-refractivity contribution is 0.0505. The molecule has 1 saturated heterocycles. The Labute approximate surface area is 157 Å². The maximum Gasteiger partial charge on any atom is 0.102 e. The quantitative estimate of drug-likeness (QED) is 0.747. The Bertz CT molecular complexity index is 1040. The summed E-state index contributed by atoms with van der Waals surface area (Å²) >= 11 is 0. The molecule has 27 heavy (non-hydrogen) atoms. The van der Waals surface area contributed by atoms with Gasteiger partial charge in [-0.25, -0.2) is 0 Å². The van der Waals surface area contributed by atoms with Crippen LogP contribution in [0.25, 0.3) is 27.6 Å². The van der Waals surface area contributed by atoms with Crippen molar-refractivity contribution in [3.63, 3.8) is 0 Å². The van der Waals surface area contributed by atoms with Crippen LogP contribution in [-0.4, -0.2) is 57.7 Å². The molecule has 5 rings (SSSR count). The molecule has 0 amide bonds. The van der Waals surface area contributed by atoms with Gasteiger partial charge in [-0.3, -0.25) is 9.78 Å². The number of nitrogens with zero attached hydrogens (tertiary/aromatic N) is 4. The van der Waals surface area contributed by atoms with E-state index in [-0.39, 0.29) is 0 Å². The first-order chi connectivity index (χ1) is 13.3. The van der Waals surface area contributed by atoms with Crippen molar-refractivity contribution in [1.29, 1.82) is 0 Å². The molecule has 0 atom stereocenters. The SMILES string of the molecule is Cn1cc(-c2ccc3[nH]nc(C4=CCNC(N5CCOCC5)=C4)c3c2)cn1. The van der Waals surface area contributed by atoms with E-state index in [2.05, 4.69) is 55.9 Å². The maximum atomic E-state index is 5.47. The first-order valence-corrected chi connectivity index (χ1v) is 9.24. The lowest BCUT2D eigenvalue weighted by Crippen LogP contribution is -2.41. The van der Waals surface area contributed by atoms with Crippen LogP contribution in [0.1, 0.15) is 5.69 Å². The second-order valence-corrected chi connectivity index (χ2v) is 6.90. The number of aromatic nitrogens is 4. The van der Waals surface area contributed by atoms with Crippen molar-refractivity contribution in [2.24, 2.45) is 7.05 Å². The Balaban J connectivity index is 1.52. The maximum absolute atomic E-state index is 5.47. The summed E-state index contributed by atoms with van der Waals surface area (Å²) in [5.41, 5.74) is 5.42. The van der Waals surface area contributed by atoms with Gasteiger partial charge in [-0.15, -0.1) is 0 Å². The number of H-pyrrole nitrogens is 1. The zero-order valence-electron chi connectivity index (χ0n) is 15.3. The smallest absolute Gasteiger partial charge is 0.102 e. The number of hydrogen-bond acceptors (Lipinski definition) is 5. The van der Waals surface area contributed by atoms with Gasteiger partial charge in [0.15, 0.2) is 0 Å². The Morgan fingerprint density at radius 2 is 2.04 bits per heavy atom. The average Bonchev–Trinajstić information content (AvgIpc) is 3.34. The van der Waals surface area contributed by atoms with Crippen LogP contribution in [0.4, 0.5) is 0 Å². The largest absolute Gasteiger partial charge is 0.378 e. The van der Waals surface area contributed by atoms with Gasteiger partial charge in [0.2, 0.25) is 0 Å². The average molecular weight is 362 g/mol. The number of allylic oxidation sites excluding steroid dienone is 2. The van der Waals surface area contributed by atoms with Gasteiger partial charge in [0.25, 0.3) is 0 Å². The van der Waals surface area contributed by atoms with Crippen molar-refractivity contribution in [1.82, 2.24) is 30.2 Å². The highest BCUT2D eigenvalue weighted by Gasteiger charge is 2.18. The van der Waals surface area contributed by atoms with E-state index in [1.54, 1.807) is 0 Å². The predicted molar refractivity (Wildman–Crippen MR) is 105 cm³/mol. The second-order valence-electron chi connectivity index (χ2n) is 6.90. The van der Waals surface area contributed by atoms with Crippen LogP contribution in [0.5, 0.6) is 0 Å². The summed E-state index contributed by atoms with van der Waals surface area (Å²) in [6, 6.07) is 6.38. The highest BCUT2D eigenvalue weighted by Crippen LogP contribution is 2.30. The van der Waals surface area contributed by atoms with Crippen LogP contribution in [-0.2, 0) is 11.8 Å². The van der Waals surface area contributed by atoms with Crippen molar-refractivity contribution in [3.05, 3.63) is 54.3 Å². The van der Waals surface area contributed by atoms with Crippen LogP contribution in [0.2, 0.25) is 0 Å². The molecule has 138 valence electrons. The number of fused-ring (bicyclic) bond motifs is 1. The molecule has 0 aliphatic carbocycles. The molecule has 0 bridgehead atoms. The predicted octanol–water partition coefficient (Wildman–Crippen LogP) is 2.12. The number of morpholine rings is 1. The number of aromatic amines is 1. The molecule has 4 heterocycles. The summed E-state index contributed by atoms with van der Waals surface area (Å²) in [5, 5.41) is 16.7. The highest BCUT2D eigenvalue weighted by atomic mass is 16.5. The summed E-state index contributed by atoms with van der Waals surface area (Å²) in [6.07, 6.45) is 8.31. The van der Waals surface area contributed by atoms with E-state index in [1.807, 2.05) is 24.1 Å². The fourth-order valence-corrected chi connectivity index (χ4v) is 3.68. The molecule has 2 aliphatic heterocycles. The third kappa shape index (κ3) is 3.00. The van der Waals surface area contributed by atoms with Crippen molar-refractivity contribution in [3.8, 4) is 11.1 Å². The topological polar surface area (TPSA) is 71.0 Å². The summed E-state index contributed by atoms with van der Waals surface area (Å²) in [7, 11) is 1.93. The van der Waals surface area contributed by atoms with Gasteiger partial charge in [-0.05, 0) is 23.8 Å². The molecular formula is C20H22N6O. The monoisotopic (exact) mass is 362 g/mol. The van der Waals surface area contributed by atoms with E-state index in [0.29, 0.717) is 0 Å². The van der Waals surface area contributed by atoms with Gasteiger partial charge < -0.3 is 15.0 Å². The minimum Gasteiger partial charge on any atom is -0.378 e. The summed E-state index contributed by atoms with van der Waals surface area (Å²) in [6.45, 7) is 4.18. The number of nitrogens with one attached hydrogen (secondary N) is 2. The molecule has 3 aromatic rings. The molecule has 7 heteroatoms. The zero-order valence-corrected chi connectivity index (χ0v) is 15.3. The number of hydrogen-bond donors (Lipinski definition) is 2. The number of rotatable bonds is 3. The van der Waals surface area contributed by atoms with E-state index in [4.69, 9.17) is 4.74 Å². The molecule has 0 spiro atoms. The summed E-state index contributed by atoms with van der Waals surface area (Å²) < 4.78 is 7.29. The van der Waals surface area contributed by atoms with Crippen LogP contribution < -0.4 is 5.32 Å². The van der Waals surface area contributed by atoms with Gasteiger partial charge in [0.1, 0.15) is 5.82 Å². The van der Waals surface area contributed by atoms with Crippen LogP contribution in [0.3, 0.4) is 0 Å². The standard InChI is InChI=1S/C20H22N6O/c1-25-13-16(12-22-25)14-2-3-18-17(10-14)20(24-23-18)15-4-5-21-19(11-15)26-6-8-27-9-7-26/h2-4,10-13,21H,5-9H2,1H3,(H,23,24). The minimum absolute atomic E-state index is 0.776. The highest BCUT2D eigenvalue weighted by molar-refractivity contribution is 5.95. The van der Waals surface area contributed by atoms with Crippen LogP contribution >= 0.6 is 0 Å². The molecule has 0 saturated carbocycles. The van der Waals surface area contributed by atoms with Gasteiger partial charge in [-0.1, -0.05) is 12.1 Å². The van der Waals surface area contributed by atoms with E-state index < -0.39 is 0 Å². The molecule has 2 aromatic heterocycles. The fourth-order valence-electron chi connectivity index (χ4n) is 3.68.